The third-order valence-electron chi connectivity index (χ3n) is 4.96. The van der Waals surface area contributed by atoms with Crippen molar-refractivity contribution in [2.45, 2.75) is 58.0 Å². The van der Waals surface area contributed by atoms with Crippen LogP contribution in [0.15, 0.2) is 24.3 Å². The summed E-state index contributed by atoms with van der Waals surface area (Å²) in [7, 11) is -3.15. The molecule has 146 valence electrons. The van der Waals surface area contributed by atoms with Gasteiger partial charge in [-0.15, -0.1) is 0 Å². The number of urea groups is 1. The number of nitrogens with zero attached hydrogens (tertiary/aromatic N) is 1. The molecule has 1 saturated heterocycles. The molecule has 26 heavy (non-hydrogen) atoms. The van der Waals surface area contributed by atoms with E-state index in [9.17, 15) is 13.2 Å². The van der Waals surface area contributed by atoms with Gasteiger partial charge in [0.25, 0.3) is 0 Å². The van der Waals surface area contributed by atoms with Gasteiger partial charge in [0, 0.05) is 19.1 Å². The van der Waals surface area contributed by atoms with Crippen LogP contribution in [-0.2, 0) is 15.6 Å². The average molecular weight is 382 g/mol. The molecule has 0 aromatic heterocycles. The van der Waals surface area contributed by atoms with Crippen LogP contribution in [0, 0.1) is 0 Å². The number of rotatable bonds is 5. The summed E-state index contributed by atoms with van der Waals surface area (Å²) in [5.74, 6) is 0.430. The molecule has 1 aliphatic heterocycles. The lowest BCUT2D eigenvalue weighted by atomic mass is 9.90. The molecule has 2 rings (SSSR count). The Morgan fingerprint density at radius 2 is 1.85 bits per heavy atom. The zero-order valence-corrected chi connectivity index (χ0v) is 17.2. The highest BCUT2D eigenvalue weighted by atomic mass is 32.2. The maximum Gasteiger partial charge on any atom is 0.315 e. The second-order valence-corrected chi connectivity index (χ2v) is 9.92. The third-order valence-corrected chi connectivity index (χ3v) is 6.26. The fourth-order valence-electron chi connectivity index (χ4n) is 3.20. The van der Waals surface area contributed by atoms with Crippen LogP contribution in [0.2, 0.25) is 0 Å². The van der Waals surface area contributed by atoms with E-state index in [2.05, 4.69) is 36.6 Å². The minimum atomic E-state index is -3.15. The Labute approximate surface area is 157 Å². The highest BCUT2D eigenvalue weighted by molar-refractivity contribution is 7.88. The maximum absolute atomic E-state index is 12.4. The number of carbonyl (C=O) groups is 1. The number of carbonyl (C=O) groups excluding carboxylic acids is 1. The summed E-state index contributed by atoms with van der Waals surface area (Å²) in [6.07, 6.45) is 2.48. The minimum Gasteiger partial charge on any atom is -0.335 e. The molecule has 1 aromatic rings. The van der Waals surface area contributed by atoms with Crippen molar-refractivity contribution in [2.75, 3.05) is 19.3 Å². The molecular weight excluding hydrogens is 350 g/mol. The third kappa shape index (κ3) is 5.45. The second-order valence-electron chi connectivity index (χ2n) is 7.94. The Morgan fingerprint density at radius 3 is 2.38 bits per heavy atom. The first-order valence-electron chi connectivity index (χ1n) is 9.13. The van der Waals surface area contributed by atoms with Gasteiger partial charge in [-0.3, -0.25) is 0 Å². The lowest BCUT2D eigenvalue weighted by Gasteiger charge is -2.33. The Balaban J connectivity index is 1.94. The van der Waals surface area contributed by atoms with E-state index in [1.54, 1.807) is 0 Å². The van der Waals surface area contributed by atoms with E-state index in [1.807, 2.05) is 26.0 Å². The van der Waals surface area contributed by atoms with Crippen molar-refractivity contribution in [3.63, 3.8) is 0 Å². The Morgan fingerprint density at radius 1 is 1.23 bits per heavy atom. The number of nitrogens with one attached hydrogen (secondary N) is 2. The predicted octanol–water partition coefficient (Wildman–Crippen LogP) is 2.77. The molecule has 0 aliphatic carbocycles. The van der Waals surface area contributed by atoms with Gasteiger partial charge in [0.2, 0.25) is 10.0 Å². The van der Waals surface area contributed by atoms with Crippen molar-refractivity contribution in [1.29, 1.82) is 0 Å². The zero-order valence-electron chi connectivity index (χ0n) is 16.4. The normalized spacial score (nSPS) is 17.3. The van der Waals surface area contributed by atoms with Crippen molar-refractivity contribution in [3.8, 4) is 0 Å². The fourth-order valence-corrected chi connectivity index (χ4v) is 4.07. The van der Waals surface area contributed by atoms with Gasteiger partial charge in [0.05, 0.1) is 11.8 Å². The highest BCUT2D eigenvalue weighted by Gasteiger charge is 2.28. The van der Waals surface area contributed by atoms with Gasteiger partial charge in [-0.1, -0.05) is 38.1 Å². The smallest absolute Gasteiger partial charge is 0.315 e. The molecule has 2 amide bonds. The summed E-state index contributed by atoms with van der Waals surface area (Å²) < 4.78 is 24.6. The van der Waals surface area contributed by atoms with Crippen molar-refractivity contribution in [1.82, 2.24) is 14.9 Å². The van der Waals surface area contributed by atoms with E-state index < -0.39 is 15.6 Å². The predicted molar refractivity (Wildman–Crippen MR) is 105 cm³/mol. The van der Waals surface area contributed by atoms with E-state index in [-0.39, 0.29) is 12.1 Å². The van der Waals surface area contributed by atoms with Crippen LogP contribution in [0.4, 0.5) is 4.79 Å². The van der Waals surface area contributed by atoms with Crippen LogP contribution in [0.5, 0.6) is 0 Å². The van der Waals surface area contributed by atoms with Crippen molar-refractivity contribution < 1.29 is 13.2 Å². The van der Waals surface area contributed by atoms with Gasteiger partial charge in [0.1, 0.15) is 0 Å². The molecule has 0 spiro atoms. The van der Waals surface area contributed by atoms with Crippen molar-refractivity contribution in [2.24, 2.45) is 0 Å². The molecular formula is C19H31N3O3S. The summed E-state index contributed by atoms with van der Waals surface area (Å²) in [5.41, 5.74) is 1.80. The summed E-state index contributed by atoms with van der Waals surface area (Å²) in [4.78, 5) is 12.4. The molecule has 0 atom stereocenters. The van der Waals surface area contributed by atoms with E-state index in [1.165, 1.54) is 16.1 Å². The molecule has 1 heterocycles. The quantitative estimate of drug-likeness (QED) is 0.823. The number of hydrogen-bond donors (Lipinski definition) is 2. The molecule has 7 heteroatoms. The molecule has 0 radical (unpaired) electrons. The summed E-state index contributed by atoms with van der Waals surface area (Å²) in [6.45, 7) is 9.16. The number of piperidine rings is 1. The monoisotopic (exact) mass is 381 g/mol. The SMILES string of the molecule is CC(C)c1cccc(C(C)(C)NC(=O)NC2CCN(S(C)(=O)=O)CC2)c1. The number of sulfonamides is 1. The van der Waals surface area contributed by atoms with Gasteiger partial charge in [-0.2, -0.15) is 0 Å². The standard InChI is InChI=1S/C19H31N3O3S/c1-14(2)15-7-6-8-16(13-15)19(3,4)21-18(23)20-17-9-11-22(12-10-17)26(5,24)25/h6-8,13-14,17H,9-12H2,1-5H3,(H2,20,21,23). The number of hydrogen-bond acceptors (Lipinski definition) is 3. The van der Waals surface area contributed by atoms with Gasteiger partial charge >= 0.3 is 6.03 Å². The van der Waals surface area contributed by atoms with E-state index in [4.69, 9.17) is 0 Å². The van der Waals surface area contributed by atoms with Crippen LogP contribution < -0.4 is 10.6 Å². The van der Waals surface area contributed by atoms with Crippen LogP contribution in [0.1, 0.15) is 57.6 Å². The van der Waals surface area contributed by atoms with Gasteiger partial charge in [-0.05, 0) is 43.7 Å². The van der Waals surface area contributed by atoms with Crippen LogP contribution in [0.25, 0.3) is 0 Å². The van der Waals surface area contributed by atoms with E-state index in [0.29, 0.717) is 31.8 Å². The summed E-state index contributed by atoms with van der Waals surface area (Å²) >= 11 is 0. The molecule has 1 fully saturated rings. The Bertz CT molecular complexity index is 736. The highest BCUT2D eigenvalue weighted by Crippen LogP contribution is 2.24. The first kappa shape index (κ1) is 20.7. The topological polar surface area (TPSA) is 78.5 Å². The van der Waals surface area contributed by atoms with E-state index in [0.717, 1.165) is 5.56 Å². The molecule has 2 N–H and O–H groups in total. The maximum atomic E-state index is 12.4. The van der Waals surface area contributed by atoms with Crippen LogP contribution >= 0.6 is 0 Å². The second kappa shape index (κ2) is 7.96. The fraction of sp³-hybridized carbons (Fsp3) is 0.632. The Hall–Kier alpha value is -1.60. The zero-order chi connectivity index (χ0) is 19.5. The molecule has 6 nitrogen and oxygen atoms in total. The van der Waals surface area contributed by atoms with Crippen LogP contribution in [0.3, 0.4) is 0 Å². The first-order chi connectivity index (χ1) is 12.0. The van der Waals surface area contributed by atoms with Gasteiger partial charge in [0.15, 0.2) is 0 Å². The molecule has 0 unspecified atom stereocenters. The number of amides is 2. The lowest BCUT2D eigenvalue weighted by molar-refractivity contribution is 0.217. The molecule has 1 aromatic carbocycles. The molecule has 0 bridgehead atoms. The van der Waals surface area contributed by atoms with Crippen LogP contribution in [-0.4, -0.2) is 44.1 Å². The van der Waals surface area contributed by atoms with Crippen molar-refractivity contribution in [3.05, 3.63) is 35.4 Å². The number of benzene rings is 1. The average Bonchev–Trinajstić information content (AvgIpc) is 2.54. The van der Waals surface area contributed by atoms with Gasteiger partial charge in [-0.25, -0.2) is 17.5 Å². The Kier molecular flexibility index (Phi) is 6.34. The summed E-state index contributed by atoms with van der Waals surface area (Å²) in [6, 6.07) is 8.05. The van der Waals surface area contributed by atoms with E-state index >= 15 is 0 Å². The van der Waals surface area contributed by atoms with Crippen molar-refractivity contribution >= 4 is 16.1 Å². The summed E-state index contributed by atoms with van der Waals surface area (Å²) in [5, 5.41) is 6.03. The largest absolute Gasteiger partial charge is 0.335 e. The lowest BCUT2D eigenvalue weighted by Crippen LogP contribution is -2.52. The molecule has 1 aliphatic rings. The van der Waals surface area contributed by atoms with Gasteiger partial charge < -0.3 is 10.6 Å². The molecule has 0 saturated carbocycles. The first-order valence-corrected chi connectivity index (χ1v) is 11.0. The minimum absolute atomic E-state index is 0.00852.